The van der Waals surface area contributed by atoms with Gasteiger partial charge in [-0.1, -0.05) is 40.9 Å². The van der Waals surface area contributed by atoms with E-state index in [0.717, 1.165) is 12.6 Å². The van der Waals surface area contributed by atoms with Crippen LogP contribution in [0.4, 0.5) is 0 Å². The fraction of sp³-hybridized carbons (Fsp3) is 0.647. The first-order valence-corrected chi connectivity index (χ1v) is 8.76. The first-order valence-electron chi connectivity index (χ1n) is 7.96. The number of fused-ring (bicyclic) bond motifs is 1. The van der Waals surface area contributed by atoms with E-state index in [1.54, 1.807) is 0 Å². The zero-order chi connectivity index (χ0) is 13.9. The van der Waals surface area contributed by atoms with Gasteiger partial charge < -0.3 is 10.2 Å². The molecular formula is C17H25BrN2. The SMILES string of the molecule is CN(CCNC1CCc2c(Br)cccc21)C1CCCC1. The molecule has 0 radical (unpaired) electrons. The van der Waals surface area contributed by atoms with E-state index in [9.17, 15) is 0 Å². The molecule has 1 N–H and O–H groups in total. The zero-order valence-corrected chi connectivity index (χ0v) is 14.0. The highest BCUT2D eigenvalue weighted by molar-refractivity contribution is 9.10. The molecule has 0 amide bonds. The molecule has 2 aliphatic carbocycles. The van der Waals surface area contributed by atoms with Crippen molar-refractivity contribution in [2.24, 2.45) is 0 Å². The van der Waals surface area contributed by atoms with Gasteiger partial charge in [0.2, 0.25) is 0 Å². The minimum Gasteiger partial charge on any atom is -0.309 e. The fourth-order valence-electron chi connectivity index (χ4n) is 3.76. The van der Waals surface area contributed by atoms with Crippen molar-refractivity contribution in [1.82, 2.24) is 10.2 Å². The number of likely N-dealkylation sites (N-methyl/N-ethyl adjacent to an activating group) is 1. The molecule has 3 heteroatoms. The van der Waals surface area contributed by atoms with Crippen LogP contribution >= 0.6 is 15.9 Å². The van der Waals surface area contributed by atoms with E-state index < -0.39 is 0 Å². The van der Waals surface area contributed by atoms with Crippen LogP contribution in [0, 0.1) is 0 Å². The minimum atomic E-state index is 0.555. The van der Waals surface area contributed by atoms with E-state index in [2.05, 4.69) is 51.4 Å². The van der Waals surface area contributed by atoms with Crippen molar-refractivity contribution in [3.05, 3.63) is 33.8 Å². The van der Waals surface area contributed by atoms with Gasteiger partial charge >= 0.3 is 0 Å². The standard InChI is InChI=1S/C17H25BrN2/c1-20(13-5-2-3-6-13)12-11-19-17-10-9-14-15(17)7-4-8-16(14)18/h4,7-8,13,17,19H,2-3,5-6,9-12H2,1H3. The fourth-order valence-corrected chi connectivity index (χ4v) is 4.34. The Morgan fingerprint density at radius 3 is 2.85 bits per heavy atom. The van der Waals surface area contributed by atoms with Crippen LogP contribution in [0.15, 0.2) is 22.7 Å². The van der Waals surface area contributed by atoms with Gasteiger partial charge in [-0.2, -0.15) is 0 Å². The maximum atomic E-state index is 3.76. The summed E-state index contributed by atoms with van der Waals surface area (Å²) in [5, 5.41) is 3.76. The topological polar surface area (TPSA) is 15.3 Å². The Labute approximate surface area is 131 Å². The number of halogens is 1. The van der Waals surface area contributed by atoms with Gasteiger partial charge in [-0.05, 0) is 49.9 Å². The average Bonchev–Trinajstić information content (AvgIpc) is 3.09. The highest BCUT2D eigenvalue weighted by Crippen LogP contribution is 2.35. The molecule has 20 heavy (non-hydrogen) atoms. The summed E-state index contributed by atoms with van der Waals surface area (Å²) in [7, 11) is 2.29. The molecule has 0 bridgehead atoms. The number of nitrogens with zero attached hydrogens (tertiary/aromatic N) is 1. The Balaban J connectivity index is 1.49. The van der Waals surface area contributed by atoms with Crippen LogP contribution in [0.5, 0.6) is 0 Å². The molecule has 1 aromatic carbocycles. The summed E-state index contributed by atoms with van der Waals surface area (Å²) in [6.07, 6.45) is 8.09. The normalized spacial score (nSPS) is 22.6. The van der Waals surface area contributed by atoms with E-state index in [4.69, 9.17) is 0 Å². The first kappa shape index (κ1) is 14.6. The Bertz CT molecular complexity index is 454. The first-order chi connectivity index (χ1) is 9.75. The summed E-state index contributed by atoms with van der Waals surface area (Å²) in [6, 6.07) is 8.00. The Kier molecular flexibility index (Phi) is 4.79. The van der Waals surface area contributed by atoms with Crippen molar-refractivity contribution in [3.63, 3.8) is 0 Å². The van der Waals surface area contributed by atoms with Gasteiger partial charge in [0, 0.05) is 29.6 Å². The highest BCUT2D eigenvalue weighted by Gasteiger charge is 2.24. The van der Waals surface area contributed by atoms with E-state index in [0.29, 0.717) is 6.04 Å². The van der Waals surface area contributed by atoms with Crippen LogP contribution in [0.3, 0.4) is 0 Å². The van der Waals surface area contributed by atoms with E-state index in [-0.39, 0.29) is 0 Å². The zero-order valence-electron chi connectivity index (χ0n) is 12.4. The third kappa shape index (κ3) is 3.10. The molecule has 1 unspecified atom stereocenters. The van der Waals surface area contributed by atoms with Crippen molar-refractivity contribution in [2.45, 2.75) is 50.6 Å². The lowest BCUT2D eigenvalue weighted by molar-refractivity contribution is 0.242. The molecule has 1 saturated carbocycles. The number of hydrogen-bond donors (Lipinski definition) is 1. The maximum absolute atomic E-state index is 3.76. The smallest absolute Gasteiger partial charge is 0.0327 e. The number of nitrogens with one attached hydrogen (secondary N) is 1. The van der Waals surface area contributed by atoms with Crippen molar-refractivity contribution < 1.29 is 0 Å². The molecule has 1 fully saturated rings. The third-order valence-electron chi connectivity index (χ3n) is 5.02. The molecular weight excluding hydrogens is 312 g/mol. The Morgan fingerprint density at radius 1 is 1.25 bits per heavy atom. The number of hydrogen-bond acceptors (Lipinski definition) is 2. The molecule has 3 rings (SSSR count). The van der Waals surface area contributed by atoms with Crippen LogP contribution in [-0.4, -0.2) is 31.1 Å². The average molecular weight is 337 g/mol. The summed E-state index contributed by atoms with van der Waals surface area (Å²) in [5.41, 5.74) is 3.01. The predicted molar refractivity (Wildman–Crippen MR) is 88.1 cm³/mol. The van der Waals surface area contributed by atoms with Crippen LogP contribution in [0.25, 0.3) is 0 Å². The lowest BCUT2D eigenvalue weighted by atomic mass is 10.1. The summed E-state index contributed by atoms with van der Waals surface area (Å²) in [4.78, 5) is 2.55. The minimum absolute atomic E-state index is 0.555. The monoisotopic (exact) mass is 336 g/mol. The number of benzene rings is 1. The van der Waals surface area contributed by atoms with Crippen LogP contribution in [-0.2, 0) is 6.42 Å². The Morgan fingerprint density at radius 2 is 2.05 bits per heavy atom. The summed E-state index contributed by atoms with van der Waals surface area (Å²) in [5.74, 6) is 0. The molecule has 1 aromatic rings. The van der Waals surface area contributed by atoms with Crippen molar-refractivity contribution >= 4 is 15.9 Å². The van der Waals surface area contributed by atoms with Crippen molar-refractivity contribution in [3.8, 4) is 0 Å². The molecule has 0 saturated heterocycles. The lowest BCUT2D eigenvalue weighted by Gasteiger charge is -2.25. The molecule has 1 atom stereocenters. The second-order valence-electron chi connectivity index (χ2n) is 6.27. The van der Waals surface area contributed by atoms with Gasteiger partial charge in [-0.3, -0.25) is 0 Å². The predicted octanol–water partition coefficient (Wildman–Crippen LogP) is 3.90. The second kappa shape index (κ2) is 6.59. The summed E-state index contributed by atoms with van der Waals surface area (Å²) < 4.78 is 1.28. The van der Waals surface area contributed by atoms with Gasteiger partial charge in [0.1, 0.15) is 0 Å². The quantitative estimate of drug-likeness (QED) is 0.877. The van der Waals surface area contributed by atoms with E-state index in [1.807, 2.05) is 0 Å². The molecule has 110 valence electrons. The van der Waals surface area contributed by atoms with Crippen molar-refractivity contribution in [1.29, 1.82) is 0 Å². The van der Waals surface area contributed by atoms with Crippen LogP contribution < -0.4 is 5.32 Å². The Hall–Kier alpha value is -0.380. The van der Waals surface area contributed by atoms with Crippen LogP contribution in [0.1, 0.15) is 49.3 Å². The van der Waals surface area contributed by atoms with Gasteiger partial charge in [0.05, 0.1) is 0 Å². The molecule has 0 aliphatic heterocycles. The molecule has 0 spiro atoms. The molecule has 0 heterocycles. The highest BCUT2D eigenvalue weighted by atomic mass is 79.9. The summed E-state index contributed by atoms with van der Waals surface area (Å²) in [6.45, 7) is 2.27. The van der Waals surface area contributed by atoms with E-state index >= 15 is 0 Å². The number of rotatable bonds is 5. The molecule has 2 nitrogen and oxygen atoms in total. The second-order valence-corrected chi connectivity index (χ2v) is 7.13. The molecule has 0 aromatic heterocycles. The maximum Gasteiger partial charge on any atom is 0.0327 e. The molecule has 2 aliphatic rings. The van der Waals surface area contributed by atoms with E-state index in [1.165, 1.54) is 60.7 Å². The largest absolute Gasteiger partial charge is 0.309 e. The van der Waals surface area contributed by atoms with Gasteiger partial charge in [0.15, 0.2) is 0 Å². The lowest BCUT2D eigenvalue weighted by Crippen LogP contribution is -2.36. The van der Waals surface area contributed by atoms with Gasteiger partial charge in [0.25, 0.3) is 0 Å². The third-order valence-corrected chi connectivity index (χ3v) is 5.76. The summed E-state index contributed by atoms with van der Waals surface area (Å²) >= 11 is 3.67. The van der Waals surface area contributed by atoms with Gasteiger partial charge in [-0.25, -0.2) is 0 Å². The van der Waals surface area contributed by atoms with Crippen LogP contribution in [0.2, 0.25) is 0 Å². The van der Waals surface area contributed by atoms with Crippen molar-refractivity contribution in [2.75, 3.05) is 20.1 Å². The van der Waals surface area contributed by atoms with Gasteiger partial charge in [-0.15, -0.1) is 0 Å².